The lowest BCUT2D eigenvalue weighted by Crippen LogP contribution is -2.54. The lowest BCUT2D eigenvalue weighted by atomic mass is 10.0. The lowest BCUT2D eigenvalue weighted by Gasteiger charge is -2.27. The number of piperidine rings is 2. The van der Waals surface area contributed by atoms with Crippen LogP contribution in [0.2, 0.25) is 0 Å². The van der Waals surface area contributed by atoms with Crippen molar-refractivity contribution in [3.63, 3.8) is 0 Å². The number of carbonyl (C=O) groups is 10. The van der Waals surface area contributed by atoms with E-state index in [0.717, 1.165) is 14.5 Å². The summed E-state index contributed by atoms with van der Waals surface area (Å²) in [4.78, 5) is 128. The van der Waals surface area contributed by atoms with Crippen molar-refractivity contribution in [1.82, 2.24) is 35.4 Å². The number of fused-ring (bicyclic) bond motifs is 2. The van der Waals surface area contributed by atoms with E-state index in [-0.39, 0.29) is 78.0 Å². The van der Waals surface area contributed by atoms with Crippen LogP contribution < -0.4 is 16.0 Å². The monoisotopic (exact) mass is 710 g/mol. The number of hydrogen-bond donors (Lipinski definition) is 3. The largest absolute Gasteiger partial charge is 0.459 e. The normalized spacial score (nSPS) is 19.8. The minimum Gasteiger partial charge on any atom is -0.459 e. The third-order valence-electron chi connectivity index (χ3n) is 8.90. The first-order chi connectivity index (χ1) is 24.9. The molecule has 19 nitrogen and oxygen atoms in total. The standard InChI is InChI=1S/C33H26N8O11/c42-22-9-7-20(28(46)35-22)40-30(48)17-4-1-3-15(26(17)32(40)50)11-25(45)52-14-16-12-39(38-37-16)13-24(44)34-19-6-2-5-18-27(19)33(51)41(31(18)49)21-8-10-23(43)36-29(21)47/h1-6,12,20-21H,7-11,13-14H2,(H,34,44)(H,35,42,46)(H,36,43,47). The SMILES string of the molecule is O=C1CCC(N2C(=O)c3cccc(CC(=O)OCc4cn(CC(=O)Nc5cccc6c5C(=O)N(C5CCC(=O)NC5=O)C6=O)nn4)c3C2=O)C(=O)N1. The van der Waals surface area contributed by atoms with Gasteiger partial charge in [-0.2, -0.15) is 0 Å². The van der Waals surface area contributed by atoms with E-state index in [1.54, 1.807) is 0 Å². The average Bonchev–Trinajstić information content (AvgIpc) is 3.73. The molecular formula is C33H26N8O11. The topological polar surface area (TPSA) is 253 Å². The molecule has 4 aliphatic heterocycles. The van der Waals surface area contributed by atoms with Crippen molar-refractivity contribution in [3.8, 4) is 0 Å². The van der Waals surface area contributed by atoms with E-state index in [1.807, 2.05) is 0 Å². The highest BCUT2D eigenvalue weighted by Gasteiger charge is 2.47. The van der Waals surface area contributed by atoms with Gasteiger partial charge in [0.1, 0.15) is 30.9 Å². The predicted molar refractivity (Wildman–Crippen MR) is 168 cm³/mol. The first-order valence-electron chi connectivity index (χ1n) is 15.9. The van der Waals surface area contributed by atoms with Crippen molar-refractivity contribution in [2.45, 2.75) is 57.3 Å². The average molecular weight is 711 g/mol. The van der Waals surface area contributed by atoms with Crippen LogP contribution >= 0.6 is 0 Å². The quantitative estimate of drug-likeness (QED) is 0.178. The maximum atomic E-state index is 13.3. The number of ether oxygens (including phenoxy) is 1. The van der Waals surface area contributed by atoms with Crippen LogP contribution in [0.4, 0.5) is 5.69 Å². The number of carbonyl (C=O) groups excluding carboxylic acids is 10. The van der Waals surface area contributed by atoms with E-state index in [4.69, 9.17) is 4.74 Å². The minimum absolute atomic E-state index is 0.0135. The summed E-state index contributed by atoms with van der Waals surface area (Å²) in [5.74, 6) is -6.95. The zero-order chi connectivity index (χ0) is 36.8. The van der Waals surface area contributed by atoms with Crippen molar-refractivity contribution in [3.05, 3.63) is 76.1 Å². The molecule has 1 aromatic heterocycles. The maximum Gasteiger partial charge on any atom is 0.310 e. The van der Waals surface area contributed by atoms with Gasteiger partial charge in [0.05, 0.1) is 40.6 Å². The molecular weight excluding hydrogens is 684 g/mol. The molecule has 2 aromatic carbocycles. The molecule has 9 amide bonds. The zero-order valence-electron chi connectivity index (χ0n) is 26.9. The molecule has 2 atom stereocenters. The van der Waals surface area contributed by atoms with E-state index < -0.39 is 77.6 Å². The molecule has 7 rings (SSSR count). The lowest BCUT2D eigenvalue weighted by molar-refractivity contribution is -0.144. The summed E-state index contributed by atoms with van der Waals surface area (Å²) in [5, 5.41) is 14.5. The molecule has 0 radical (unpaired) electrons. The summed E-state index contributed by atoms with van der Waals surface area (Å²) < 4.78 is 6.44. The smallest absolute Gasteiger partial charge is 0.310 e. The van der Waals surface area contributed by atoms with Crippen LogP contribution in [0.3, 0.4) is 0 Å². The molecule has 0 bridgehead atoms. The molecule has 2 unspecified atom stereocenters. The Morgan fingerprint density at radius 3 is 1.96 bits per heavy atom. The van der Waals surface area contributed by atoms with Gasteiger partial charge in [-0.3, -0.25) is 68.4 Å². The van der Waals surface area contributed by atoms with Crippen molar-refractivity contribution in [2.75, 3.05) is 5.32 Å². The molecule has 0 spiro atoms. The Bertz CT molecular complexity index is 2170. The van der Waals surface area contributed by atoms with Crippen LogP contribution in [-0.4, -0.2) is 96.0 Å². The summed E-state index contributed by atoms with van der Waals surface area (Å²) in [5.41, 5.74) is 0.252. The number of nitrogens with one attached hydrogen (secondary N) is 3. The van der Waals surface area contributed by atoms with E-state index in [1.165, 1.54) is 42.6 Å². The van der Waals surface area contributed by atoms with Gasteiger partial charge in [0.15, 0.2) is 0 Å². The van der Waals surface area contributed by atoms with Crippen LogP contribution in [-0.2, 0) is 53.1 Å². The second kappa shape index (κ2) is 13.1. The van der Waals surface area contributed by atoms with Gasteiger partial charge in [0, 0.05) is 12.8 Å². The molecule has 4 aliphatic rings. The number of nitrogens with zero attached hydrogens (tertiary/aromatic N) is 5. The van der Waals surface area contributed by atoms with Gasteiger partial charge in [0.25, 0.3) is 23.6 Å². The van der Waals surface area contributed by atoms with E-state index in [0.29, 0.717) is 0 Å². The third-order valence-corrected chi connectivity index (χ3v) is 8.90. The molecule has 0 aliphatic carbocycles. The Kier molecular flexibility index (Phi) is 8.45. The summed E-state index contributed by atoms with van der Waals surface area (Å²) >= 11 is 0. The fourth-order valence-electron chi connectivity index (χ4n) is 6.53. The third kappa shape index (κ3) is 5.97. The van der Waals surface area contributed by atoms with Gasteiger partial charge in [-0.15, -0.1) is 5.10 Å². The minimum atomic E-state index is -1.17. The summed E-state index contributed by atoms with van der Waals surface area (Å²) in [6.45, 7) is -0.747. The van der Waals surface area contributed by atoms with Crippen LogP contribution in [0, 0.1) is 0 Å². The first-order valence-corrected chi connectivity index (χ1v) is 15.9. The summed E-state index contributed by atoms with van der Waals surface area (Å²) in [6, 6.07) is 6.30. The van der Waals surface area contributed by atoms with E-state index >= 15 is 0 Å². The summed E-state index contributed by atoms with van der Waals surface area (Å²) in [6.07, 6.45) is 0.812. The van der Waals surface area contributed by atoms with Crippen LogP contribution in [0.5, 0.6) is 0 Å². The Balaban J connectivity index is 0.952. The van der Waals surface area contributed by atoms with Gasteiger partial charge < -0.3 is 10.1 Å². The van der Waals surface area contributed by atoms with Crippen LogP contribution in [0.1, 0.15) is 78.4 Å². The molecule has 52 heavy (non-hydrogen) atoms. The highest BCUT2D eigenvalue weighted by atomic mass is 16.5. The second-order valence-electron chi connectivity index (χ2n) is 12.3. The number of benzene rings is 2. The van der Waals surface area contributed by atoms with Crippen LogP contribution in [0.15, 0.2) is 42.6 Å². The fraction of sp³-hybridized carbons (Fsp3) is 0.273. The molecule has 19 heteroatoms. The zero-order valence-corrected chi connectivity index (χ0v) is 26.9. The van der Waals surface area contributed by atoms with Crippen molar-refractivity contribution < 1.29 is 52.7 Å². The summed E-state index contributed by atoms with van der Waals surface area (Å²) in [7, 11) is 0. The molecule has 264 valence electrons. The first kappa shape index (κ1) is 33.6. The molecule has 5 heterocycles. The molecule has 3 N–H and O–H groups in total. The molecule has 2 fully saturated rings. The van der Waals surface area contributed by atoms with E-state index in [2.05, 4.69) is 26.3 Å². The van der Waals surface area contributed by atoms with Gasteiger partial charge in [-0.25, -0.2) is 4.68 Å². The van der Waals surface area contributed by atoms with Gasteiger partial charge in [-0.05, 0) is 36.6 Å². The number of rotatable bonds is 9. The van der Waals surface area contributed by atoms with Gasteiger partial charge >= 0.3 is 5.97 Å². The predicted octanol–water partition coefficient (Wildman–Crippen LogP) is -0.995. The second-order valence-corrected chi connectivity index (χ2v) is 12.3. The Morgan fingerprint density at radius 1 is 0.769 bits per heavy atom. The number of esters is 1. The number of amides is 9. The molecule has 2 saturated heterocycles. The highest BCUT2D eigenvalue weighted by molar-refractivity contribution is 6.26. The van der Waals surface area contributed by atoms with Gasteiger partial charge in [-0.1, -0.05) is 23.4 Å². The Labute approximate surface area is 291 Å². The fourth-order valence-corrected chi connectivity index (χ4v) is 6.53. The van der Waals surface area contributed by atoms with Crippen LogP contribution in [0.25, 0.3) is 0 Å². The number of anilines is 1. The number of hydrogen-bond acceptors (Lipinski definition) is 13. The van der Waals surface area contributed by atoms with Gasteiger partial charge in [0.2, 0.25) is 29.5 Å². The highest BCUT2D eigenvalue weighted by Crippen LogP contribution is 2.33. The van der Waals surface area contributed by atoms with Crippen molar-refractivity contribution in [1.29, 1.82) is 0 Å². The van der Waals surface area contributed by atoms with Crippen molar-refractivity contribution >= 4 is 64.8 Å². The molecule has 0 saturated carbocycles. The molecule has 3 aromatic rings. The maximum absolute atomic E-state index is 13.3. The van der Waals surface area contributed by atoms with Crippen molar-refractivity contribution in [2.24, 2.45) is 0 Å². The Morgan fingerprint density at radius 2 is 1.35 bits per heavy atom. The van der Waals surface area contributed by atoms with E-state index in [9.17, 15) is 47.9 Å². The Hall–Kier alpha value is -6.92. The number of aromatic nitrogens is 3. The number of imide groups is 4.